The van der Waals surface area contributed by atoms with E-state index in [0.717, 1.165) is 29.0 Å². The fraction of sp³-hybridized carbons (Fsp3) is 0.100. The maximum absolute atomic E-state index is 13.1. The highest BCUT2D eigenvalue weighted by Gasteiger charge is 2.14. The minimum Gasteiger partial charge on any atom is -0.480 e. The van der Waals surface area contributed by atoms with Crippen molar-refractivity contribution < 1.29 is 17.5 Å². The first-order valence-electron chi connectivity index (χ1n) is 7.98. The van der Waals surface area contributed by atoms with Crippen LogP contribution in [0.15, 0.2) is 65.6 Å². The summed E-state index contributed by atoms with van der Waals surface area (Å²) in [6.07, 6.45) is 0. The SMILES string of the molecule is O=S(=O)(NCC#CCOc1cccc2ccccc12)c1ccc(F)c(Cl)c1. The summed E-state index contributed by atoms with van der Waals surface area (Å²) in [5.41, 5.74) is 0. The minimum absolute atomic E-state index is 0.101. The summed E-state index contributed by atoms with van der Waals surface area (Å²) >= 11 is 5.61. The second-order valence-corrected chi connectivity index (χ2v) is 7.69. The number of hydrogen-bond acceptors (Lipinski definition) is 3. The normalized spacial score (nSPS) is 11.0. The van der Waals surface area contributed by atoms with Crippen molar-refractivity contribution in [1.82, 2.24) is 4.72 Å². The van der Waals surface area contributed by atoms with Gasteiger partial charge in [-0.2, -0.15) is 4.72 Å². The van der Waals surface area contributed by atoms with E-state index < -0.39 is 15.8 Å². The lowest BCUT2D eigenvalue weighted by Gasteiger charge is -2.06. The number of ether oxygens (including phenoxy) is 1. The largest absolute Gasteiger partial charge is 0.480 e. The molecule has 3 aromatic rings. The van der Waals surface area contributed by atoms with Crippen molar-refractivity contribution in [2.75, 3.05) is 13.2 Å². The quantitative estimate of drug-likeness (QED) is 0.655. The monoisotopic (exact) mass is 403 g/mol. The molecule has 0 aromatic heterocycles. The highest BCUT2D eigenvalue weighted by Crippen LogP contribution is 2.24. The highest BCUT2D eigenvalue weighted by atomic mass is 35.5. The van der Waals surface area contributed by atoms with Gasteiger partial charge in [0, 0.05) is 5.39 Å². The molecule has 0 amide bonds. The zero-order chi connectivity index (χ0) is 19.3. The Morgan fingerprint density at radius 3 is 2.63 bits per heavy atom. The van der Waals surface area contributed by atoms with Gasteiger partial charge < -0.3 is 4.74 Å². The molecule has 3 aromatic carbocycles. The van der Waals surface area contributed by atoms with Crippen LogP contribution < -0.4 is 9.46 Å². The maximum atomic E-state index is 13.1. The molecular weight excluding hydrogens is 389 g/mol. The fourth-order valence-electron chi connectivity index (χ4n) is 2.41. The van der Waals surface area contributed by atoms with Crippen molar-refractivity contribution in [2.24, 2.45) is 0 Å². The van der Waals surface area contributed by atoms with Crippen LogP contribution in [0.25, 0.3) is 10.8 Å². The number of sulfonamides is 1. The fourth-order valence-corrected chi connectivity index (χ4v) is 3.60. The van der Waals surface area contributed by atoms with E-state index in [1.807, 2.05) is 42.5 Å². The highest BCUT2D eigenvalue weighted by molar-refractivity contribution is 7.89. The Morgan fingerprint density at radius 1 is 1.04 bits per heavy atom. The molecule has 0 saturated carbocycles. The van der Waals surface area contributed by atoms with E-state index in [9.17, 15) is 12.8 Å². The number of benzene rings is 3. The number of rotatable bonds is 5. The predicted molar refractivity (Wildman–Crippen MR) is 104 cm³/mol. The molecule has 1 N–H and O–H groups in total. The van der Waals surface area contributed by atoms with Gasteiger partial charge in [-0.3, -0.25) is 0 Å². The van der Waals surface area contributed by atoms with E-state index >= 15 is 0 Å². The summed E-state index contributed by atoms with van der Waals surface area (Å²) in [7, 11) is -3.81. The zero-order valence-electron chi connectivity index (χ0n) is 14.1. The third kappa shape index (κ3) is 4.77. The zero-order valence-corrected chi connectivity index (χ0v) is 15.6. The summed E-state index contributed by atoms with van der Waals surface area (Å²) in [6, 6.07) is 16.8. The van der Waals surface area contributed by atoms with E-state index in [4.69, 9.17) is 16.3 Å². The Hall–Kier alpha value is -2.59. The van der Waals surface area contributed by atoms with Crippen LogP contribution in [0.1, 0.15) is 0 Å². The molecule has 138 valence electrons. The average Bonchev–Trinajstić information content (AvgIpc) is 2.66. The van der Waals surface area contributed by atoms with Crippen LogP contribution in [-0.4, -0.2) is 21.6 Å². The first-order chi connectivity index (χ1) is 13.0. The molecule has 0 bridgehead atoms. The van der Waals surface area contributed by atoms with Gasteiger partial charge in [-0.25, -0.2) is 12.8 Å². The Balaban J connectivity index is 1.57. The molecule has 0 aliphatic heterocycles. The third-order valence-electron chi connectivity index (χ3n) is 3.73. The van der Waals surface area contributed by atoms with Crippen LogP contribution in [0.5, 0.6) is 5.75 Å². The van der Waals surface area contributed by atoms with Crippen LogP contribution in [0.3, 0.4) is 0 Å². The average molecular weight is 404 g/mol. The Labute approximate surface area is 162 Å². The molecule has 3 rings (SSSR count). The lowest BCUT2D eigenvalue weighted by molar-refractivity contribution is 0.374. The van der Waals surface area contributed by atoms with Gasteiger partial charge >= 0.3 is 0 Å². The van der Waals surface area contributed by atoms with E-state index in [2.05, 4.69) is 16.6 Å². The van der Waals surface area contributed by atoms with Gasteiger partial charge in [-0.1, -0.05) is 59.8 Å². The van der Waals surface area contributed by atoms with Crippen LogP contribution in [-0.2, 0) is 10.0 Å². The molecule has 0 aliphatic carbocycles. The Bertz CT molecular complexity index is 1130. The van der Waals surface area contributed by atoms with Crippen molar-refractivity contribution in [3.05, 3.63) is 71.5 Å². The second-order valence-electron chi connectivity index (χ2n) is 5.52. The Morgan fingerprint density at radius 2 is 1.81 bits per heavy atom. The molecule has 7 heteroatoms. The molecule has 0 fully saturated rings. The number of nitrogens with one attached hydrogen (secondary N) is 1. The van der Waals surface area contributed by atoms with E-state index in [-0.39, 0.29) is 23.1 Å². The van der Waals surface area contributed by atoms with Crippen molar-refractivity contribution in [3.63, 3.8) is 0 Å². The van der Waals surface area contributed by atoms with E-state index in [0.29, 0.717) is 5.75 Å². The molecular formula is C20H15ClFNO3S. The topological polar surface area (TPSA) is 55.4 Å². The molecule has 0 heterocycles. The van der Waals surface area contributed by atoms with E-state index in [1.54, 1.807) is 0 Å². The molecule has 4 nitrogen and oxygen atoms in total. The van der Waals surface area contributed by atoms with Crippen molar-refractivity contribution in [2.45, 2.75) is 4.90 Å². The van der Waals surface area contributed by atoms with Gasteiger partial charge in [0.05, 0.1) is 16.5 Å². The van der Waals surface area contributed by atoms with Crippen LogP contribution in [0, 0.1) is 17.7 Å². The number of fused-ring (bicyclic) bond motifs is 1. The van der Waals surface area contributed by atoms with Gasteiger partial charge in [0.15, 0.2) is 0 Å². The number of halogens is 2. The molecule has 27 heavy (non-hydrogen) atoms. The molecule has 0 spiro atoms. The standard InChI is InChI=1S/C20H15ClFNO3S/c21-18-14-16(10-11-19(18)22)27(24,25)23-12-3-4-13-26-20-9-5-7-15-6-1-2-8-17(15)20/h1-2,5-11,14,23H,12-13H2. The molecule has 0 aliphatic rings. The van der Waals surface area contributed by atoms with Crippen LogP contribution in [0.2, 0.25) is 5.02 Å². The van der Waals surface area contributed by atoms with Gasteiger partial charge in [0.1, 0.15) is 18.2 Å². The van der Waals surface area contributed by atoms with Crippen LogP contribution in [0.4, 0.5) is 4.39 Å². The third-order valence-corrected chi connectivity index (χ3v) is 5.41. The first-order valence-corrected chi connectivity index (χ1v) is 9.84. The lowest BCUT2D eigenvalue weighted by Crippen LogP contribution is -2.24. The lowest BCUT2D eigenvalue weighted by atomic mass is 10.1. The van der Waals surface area contributed by atoms with Crippen LogP contribution >= 0.6 is 11.6 Å². The minimum atomic E-state index is -3.81. The van der Waals surface area contributed by atoms with Gasteiger partial charge in [0.2, 0.25) is 10.0 Å². The maximum Gasteiger partial charge on any atom is 0.241 e. The molecule has 0 saturated heterocycles. The summed E-state index contributed by atoms with van der Waals surface area (Å²) in [5.74, 6) is 5.47. The molecule has 0 atom stereocenters. The van der Waals surface area contributed by atoms with Gasteiger partial charge in [-0.15, -0.1) is 0 Å². The summed E-state index contributed by atoms with van der Waals surface area (Å²) in [4.78, 5) is -0.122. The second kappa shape index (κ2) is 8.40. The molecule has 0 unspecified atom stereocenters. The van der Waals surface area contributed by atoms with E-state index in [1.165, 1.54) is 0 Å². The molecule has 0 radical (unpaired) electrons. The van der Waals surface area contributed by atoms with Gasteiger partial charge in [-0.05, 0) is 29.7 Å². The summed E-state index contributed by atoms with van der Waals surface area (Å²) in [5, 5.41) is 1.79. The predicted octanol–water partition coefficient (Wildman–Crippen LogP) is 3.99. The van der Waals surface area contributed by atoms with Gasteiger partial charge in [0.25, 0.3) is 0 Å². The summed E-state index contributed by atoms with van der Waals surface area (Å²) < 4.78 is 45.3. The van der Waals surface area contributed by atoms with Crippen molar-refractivity contribution in [1.29, 1.82) is 0 Å². The first kappa shape index (κ1) is 19.2. The summed E-state index contributed by atoms with van der Waals surface area (Å²) in [6.45, 7) is 0.0222. The van der Waals surface area contributed by atoms with Crippen molar-refractivity contribution >= 4 is 32.4 Å². The van der Waals surface area contributed by atoms with Crippen molar-refractivity contribution in [3.8, 4) is 17.6 Å². The Kier molecular flexibility index (Phi) is 5.97. The smallest absolute Gasteiger partial charge is 0.241 e. The number of hydrogen-bond donors (Lipinski definition) is 1.